The average molecular weight is 286 g/mol. The highest BCUT2D eigenvalue weighted by Gasteiger charge is 2.37. The third kappa shape index (κ3) is 3.01. The van der Waals surface area contributed by atoms with Crippen molar-refractivity contribution < 1.29 is 0 Å². The fraction of sp³-hybridized carbons (Fsp3) is 0.600. The predicted octanol–water partition coefficient (Wildman–Crippen LogP) is 4.69. The standard InChI is InChI=1S/C15H21Cl2N/c1-10-5-6-15(18,11(2)7-10)9-12-8-13(16)3-4-14(12)17/h3-4,8,10-11H,5-7,9,18H2,1-2H3. The summed E-state index contributed by atoms with van der Waals surface area (Å²) in [7, 11) is 0. The molecule has 0 bridgehead atoms. The molecule has 100 valence electrons. The Hall–Kier alpha value is -0.240. The molecule has 3 unspecified atom stereocenters. The second kappa shape index (κ2) is 5.40. The SMILES string of the molecule is CC1CCC(N)(Cc2cc(Cl)ccc2Cl)C(C)C1. The summed E-state index contributed by atoms with van der Waals surface area (Å²) in [4.78, 5) is 0. The van der Waals surface area contributed by atoms with E-state index in [0.29, 0.717) is 5.92 Å². The molecule has 1 fully saturated rings. The smallest absolute Gasteiger partial charge is 0.0439 e. The van der Waals surface area contributed by atoms with Crippen LogP contribution in [0.4, 0.5) is 0 Å². The Morgan fingerprint density at radius 1 is 1.33 bits per heavy atom. The number of hydrogen-bond acceptors (Lipinski definition) is 1. The van der Waals surface area contributed by atoms with E-state index < -0.39 is 0 Å². The Morgan fingerprint density at radius 2 is 2.06 bits per heavy atom. The van der Waals surface area contributed by atoms with Gasteiger partial charge in [-0.3, -0.25) is 0 Å². The van der Waals surface area contributed by atoms with Crippen molar-refractivity contribution in [3.8, 4) is 0 Å². The Morgan fingerprint density at radius 3 is 2.72 bits per heavy atom. The van der Waals surface area contributed by atoms with Gasteiger partial charge in [-0.05, 0) is 61.3 Å². The van der Waals surface area contributed by atoms with E-state index in [-0.39, 0.29) is 5.54 Å². The van der Waals surface area contributed by atoms with E-state index in [2.05, 4.69) is 13.8 Å². The molecule has 0 spiro atoms. The molecule has 3 atom stereocenters. The quantitative estimate of drug-likeness (QED) is 0.838. The normalized spacial score (nSPS) is 32.5. The largest absolute Gasteiger partial charge is 0.325 e. The average Bonchev–Trinajstić information content (AvgIpc) is 2.30. The highest BCUT2D eigenvalue weighted by Crippen LogP contribution is 2.38. The van der Waals surface area contributed by atoms with Crippen molar-refractivity contribution in [1.29, 1.82) is 0 Å². The summed E-state index contributed by atoms with van der Waals surface area (Å²) in [6.45, 7) is 4.57. The van der Waals surface area contributed by atoms with Crippen LogP contribution in [-0.2, 0) is 6.42 Å². The molecule has 1 aliphatic rings. The molecular weight excluding hydrogens is 265 g/mol. The molecule has 18 heavy (non-hydrogen) atoms. The number of nitrogens with two attached hydrogens (primary N) is 1. The fourth-order valence-electron chi connectivity index (χ4n) is 3.01. The number of rotatable bonds is 2. The summed E-state index contributed by atoms with van der Waals surface area (Å²) in [6, 6.07) is 5.63. The minimum atomic E-state index is -0.138. The lowest BCUT2D eigenvalue weighted by Crippen LogP contribution is -2.51. The first kappa shape index (κ1) is 14.2. The van der Waals surface area contributed by atoms with Crippen molar-refractivity contribution in [3.63, 3.8) is 0 Å². The van der Waals surface area contributed by atoms with Gasteiger partial charge in [-0.2, -0.15) is 0 Å². The molecule has 0 aromatic heterocycles. The van der Waals surface area contributed by atoms with Crippen molar-refractivity contribution in [3.05, 3.63) is 33.8 Å². The minimum absolute atomic E-state index is 0.138. The van der Waals surface area contributed by atoms with Gasteiger partial charge in [0.15, 0.2) is 0 Å². The van der Waals surface area contributed by atoms with Gasteiger partial charge in [-0.25, -0.2) is 0 Å². The number of halogens is 2. The minimum Gasteiger partial charge on any atom is -0.325 e. The zero-order valence-corrected chi connectivity index (χ0v) is 12.6. The van der Waals surface area contributed by atoms with Gasteiger partial charge in [-0.1, -0.05) is 37.0 Å². The topological polar surface area (TPSA) is 26.0 Å². The predicted molar refractivity (Wildman–Crippen MR) is 79.3 cm³/mol. The maximum Gasteiger partial charge on any atom is 0.0439 e. The van der Waals surface area contributed by atoms with Crippen molar-refractivity contribution in [2.75, 3.05) is 0 Å². The molecule has 1 nitrogen and oxygen atoms in total. The van der Waals surface area contributed by atoms with Gasteiger partial charge in [0.1, 0.15) is 0 Å². The van der Waals surface area contributed by atoms with Gasteiger partial charge in [-0.15, -0.1) is 0 Å². The van der Waals surface area contributed by atoms with Crippen molar-refractivity contribution >= 4 is 23.2 Å². The van der Waals surface area contributed by atoms with Crippen molar-refractivity contribution in [1.82, 2.24) is 0 Å². The van der Waals surface area contributed by atoms with E-state index in [1.165, 1.54) is 12.8 Å². The molecule has 0 heterocycles. The summed E-state index contributed by atoms with van der Waals surface area (Å²) < 4.78 is 0. The Labute approximate surface area is 120 Å². The first-order valence-electron chi connectivity index (χ1n) is 6.63. The van der Waals surface area contributed by atoms with E-state index in [9.17, 15) is 0 Å². The maximum absolute atomic E-state index is 6.61. The van der Waals surface area contributed by atoms with Crippen LogP contribution in [0.3, 0.4) is 0 Å². The molecule has 1 aliphatic carbocycles. The lowest BCUT2D eigenvalue weighted by Gasteiger charge is -2.42. The highest BCUT2D eigenvalue weighted by atomic mass is 35.5. The van der Waals surface area contributed by atoms with Crippen LogP contribution in [0.1, 0.15) is 38.7 Å². The molecule has 0 radical (unpaired) electrons. The lowest BCUT2D eigenvalue weighted by atomic mass is 9.68. The van der Waals surface area contributed by atoms with Gasteiger partial charge in [0.05, 0.1) is 0 Å². The molecule has 0 amide bonds. The van der Waals surface area contributed by atoms with Gasteiger partial charge < -0.3 is 5.73 Å². The van der Waals surface area contributed by atoms with Gasteiger partial charge in [0, 0.05) is 15.6 Å². The Kier molecular flexibility index (Phi) is 4.25. The maximum atomic E-state index is 6.61. The van der Waals surface area contributed by atoms with E-state index in [1.807, 2.05) is 18.2 Å². The lowest BCUT2D eigenvalue weighted by molar-refractivity contribution is 0.163. The van der Waals surface area contributed by atoms with Crippen LogP contribution in [0.15, 0.2) is 18.2 Å². The summed E-state index contributed by atoms with van der Waals surface area (Å²) >= 11 is 12.3. The number of hydrogen-bond donors (Lipinski definition) is 1. The van der Waals surface area contributed by atoms with Gasteiger partial charge in [0.25, 0.3) is 0 Å². The first-order valence-corrected chi connectivity index (χ1v) is 7.39. The molecular formula is C15H21Cl2N. The monoisotopic (exact) mass is 285 g/mol. The molecule has 1 aromatic carbocycles. The van der Waals surface area contributed by atoms with E-state index >= 15 is 0 Å². The van der Waals surface area contributed by atoms with Crippen molar-refractivity contribution in [2.45, 2.75) is 45.1 Å². The summed E-state index contributed by atoms with van der Waals surface area (Å²) in [6.07, 6.45) is 4.30. The summed E-state index contributed by atoms with van der Waals surface area (Å²) in [5.74, 6) is 1.31. The second-order valence-corrected chi connectivity index (χ2v) is 6.77. The molecule has 2 N–H and O–H groups in total. The second-order valence-electron chi connectivity index (χ2n) is 5.93. The van der Waals surface area contributed by atoms with Gasteiger partial charge >= 0.3 is 0 Å². The first-order chi connectivity index (χ1) is 8.40. The van der Waals surface area contributed by atoms with Crippen LogP contribution in [0.2, 0.25) is 10.0 Å². The van der Waals surface area contributed by atoms with Gasteiger partial charge in [0.2, 0.25) is 0 Å². The zero-order valence-electron chi connectivity index (χ0n) is 11.0. The van der Waals surface area contributed by atoms with E-state index in [0.717, 1.165) is 34.4 Å². The Balaban J connectivity index is 2.19. The fourth-order valence-corrected chi connectivity index (χ4v) is 3.39. The molecule has 0 aliphatic heterocycles. The van der Waals surface area contributed by atoms with Crippen molar-refractivity contribution in [2.24, 2.45) is 17.6 Å². The van der Waals surface area contributed by atoms with E-state index in [1.54, 1.807) is 0 Å². The van der Waals surface area contributed by atoms with Crippen LogP contribution in [0, 0.1) is 11.8 Å². The van der Waals surface area contributed by atoms with E-state index in [4.69, 9.17) is 28.9 Å². The summed E-state index contributed by atoms with van der Waals surface area (Å²) in [5, 5.41) is 1.50. The molecule has 3 heteroatoms. The van der Waals surface area contributed by atoms with Crippen LogP contribution in [0.5, 0.6) is 0 Å². The Bertz CT molecular complexity index is 433. The zero-order chi connectivity index (χ0) is 13.3. The van der Waals surface area contributed by atoms with Crippen LogP contribution < -0.4 is 5.73 Å². The van der Waals surface area contributed by atoms with Crippen LogP contribution in [-0.4, -0.2) is 5.54 Å². The van der Waals surface area contributed by atoms with Crippen LogP contribution in [0.25, 0.3) is 0 Å². The third-order valence-electron chi connectivity index (χ3n) is 4.37. The molecule has 1 saturated carbocycles. The highest BCUT2D eigenvalue weighted by molar-refractivity contribution is 6.33. The summed E-state index contributed by atoms with van der Waals surface area (Å²) in [5.41, 5.74) is 7.55. The van der Waals surface area contributed by atoms with Crippen LogP contribution >= 0.6 is 23.2 Å². The third-order valence-corrected chi connectivity index (χ3v) is 4.97. The number of benzene rings is 1. The molecule has 1 aromatic rings. The molecule has 2 rings (SSSR count). The molecule has 0 saturated heterocycles.